The number of hydrogen-bond acceptors (Lipinski definition) is 3. The molecule has 0 bridgehead atoms. The van der Waals surface area contributed by atoms with E-state index in [9.17, 15) is 22.0 Å². The SMILES string of the molecule is CCn1ccc2c(c1=O)[C@@H](Cc1cccc(-c3cc(F)cc(C)c3F)c1)[C@@H](NS(C)(=O)=O)CC2. The Bertz CT molecular complexity index is 1400. The molecule has 1 aliphatic rings. The fourth-order valence-corrected chi connectivity index (χ4v) is 5.75. The molecule has 0 radical (unpaired) electrons. The van der Waals surface area contributed by atoms with Gasteiger partial charge >= 0.3 is 0 Å². The summed E-state index contributed by atoms with van der Waals surface area (Å²) < 4.78 is 57.3. The molecular weight excluding hydrogens is 458 g/mol. The Morgan fingerprint density at radius 2 is 1.91 bits per heavy atom. The first-order chi connectivity index (χ1) is 16.1. The highest BCUT2D eigenvalue weighted by molar-refractivity contribution is 7.88. The van der Waals surface area contributed by atoms with E-state index in [0.717, 1.165) is 23.4 Å². The Labute approximate surface area is 198 Å². The summed E-state index contributed by atoms with van der Waals surface area (Å²) in [5.41, 5.74) is 3.15. The van der Waals surface area contributed by atoms with E-state index in [4.69, 9.17) is 0 Å². The van der Waals surface area contributed by atoms with Crippen LogP contribution in [-0.4, -0.2) is 25.3 Å². The maximum Gasteiger partial charge on any atom is 0.254 e. The van der Waals surface area contributed by atoms with Crippen molar-refractivity contribution in [2.75, 3.05) is 6.26 Å². The number of halogens is 2. The van der Waals surface area contributed by atoms with Crippen molar-refractivity contribution >= 4 is 10.0 Å². The van der Waals surface area contributed by atoms with Gasteiger partial charge in [0.1, 0.15) is 11.6 Å². The van der Waals surface area contributed by atoms with E-state index in [-0.39, 0.29) is 22.6 Å². The van der Waals surface area contributed by atoms with Gasteiger partial charge in [0, 0.05) is 35.8 Å². The molecule has 0 spiro atoms. The second-order valence-electron chi connectivity index (χ2n) is 8.98. The van der Waals surface area contributed by atoms with E-state index in [2.05, 4.69) is 4.72 Å². The average molecular weight is 487 g/mol. The molecule has 1 aliphatic carbocycles. The maximum absolute atomic E-state index is 14.8. The Hall–Kier alpha value is -2.84. The predicted molar refractivity (Wildman–Crippen MR) is 129 cm³/mol. The lowest BCUT2D eigenvalue weighted by Crippen LogP contribution is -2.45. The first-order valence-corrected chi connectivity index (χ1v) is 13.2. The van der Waals surface area contributed by atoms with Crippen molar-refractivity contribution in [3.63, 3.8) is 0 Å². The zero-order chi connectivity index (χ0) is 24.6. The molecule has 1 N–H and O–H groups in total. The number of rotatable bonds is 6. The van der Waals surface area contributed by atoms with Crippen LogP contribution >= 0.6 is 0 Å². The summed E-state index contributed by atoms with van der Waals surface area (Å²) in [6, 6.07) is 10.9. The molecule has 0 saturated heterocycles. The van der Waals surface area contributed by atoms with E-state index in [0.29, 0.717) is 36.9 Å². The molecule has 0 unspecified atom stereocenters. The Morgan fingerprint density at radius 1 is 1.15 bits per heavy atom. The van der Waals surface area contributed by atoms with Crippen molar-refractivity contribution < 1.29 is 17.2 Å². The third-order valence-corrected chi connectivity index (χ3v) is 7.22. The zero-order valence-electron chi connectivity index (χ0n) is 19.4. The molecule has 34 heavy (non-hydrogen) atoms. The Balaban J connectivity index is 1.79. The molecule has 180 valence electrons. The number of pyridine rings is 1. The average Bonchev–Trinajstić information content (AvgIpc) is 2.77. The molecule has 0 fully saturated rings. The topological polar surface area (TPSA) is 68.2 Å². The number of benzene rings is 2. The quantitative estimate of drug-likeness (QED) is 0.565. The molecule has 2 atom stereocenters. The lowest BCUT2D eigenvalue weighted by molar-refractivity contribution is 0.424. The Kier molecular flexibility index (Phi) is 6.73. The monoisotopic (exact) mass is 486 g/mol. The number of fused-ring (bicyclic) bond motifs is 1. The van der Waals surface area contributed by atoms with Crippen LogP contribution < -0.4 is 10.3 Å². The lowest BCUT2D eigenvalue weighted by atomic mass is 9.77. The first kappa shape index (κ1) is 24.3. The highest BCUT2D eigenvalue weighted by atomic mass is 32.2. The van der Waals surface area contributed by atoms with Crippen LogP contribution in [0.25, 0.3) is 11.1 Å². The van der Waals surface area contributed by atoms with Gasteiger partial charge < -0.3 is 4.57 Å². The van der Waals surface area contributed by atoms with Gasteiger partial charge in [-0.3, -0.25) is 4.79 Å². The van der Waals surface area contributed by atoms with Gasteiger partial charge in [0.2, 0.25) is 10.0 Å². The van der Waals surface area contributed by atoms with E-state index in [1.54, 1.807) is 29.0 Å². The first-order valence-electron chi connectivity index (χ1n) is 11.3. The van der Waals surface area contributed by atoms with E-state index in [1.807, 2.05) is 19.1 Å². The van der Waals surface area contributed by atoms with Gasteiger partial charge in [-0.1, -0.05) is 24.3 Å². The van der Waals surface area contributed by atoms with Crippen LogP contribution in [0.1, 0.15) is 41.5 Å². The Morgan fingerprint density at radius 3 is 2.62 bits per heavy atom. The van der Waals surface area contributed by atoms with Crippen LogP contribution in [0.15, 0.2) is 53.5 Å². The summed E-state index contributed by atoms with van der Waals surface area (Å²) >= 11 is 0. The zero-order valence-corrected chi connectivity index (χ0v) is 20.3. The predicted octanol–water partition coefficient (Wildman–Crippen LogP) is 4.31. The molecule has 2 aromatic carbocycles. The summed E-state index contributed by atoms with van der Waals surface area (Å²) in [5.74, 6) is -1.39. The molecule has 8 heteroatoms. The van der Waals surface area contributed by atoms with Crippen LogP contribution in [0, 0.1) is 18.6 Å². The molecule has 3 aromatic rings. The minimum atomic E-state index is -3.50. The number of aromatic nitrogens is 1. The molecule has 0 amide bonds. The number of hydrogen-bond donors (Lipinski definition) is 1. The van der Waals surface area contributed by atoms with Crippen molar-refractivity contribution in [2.45, 2.75) is 51.6 Å². The van der Waals surface area contributed by atoms with Gasteiger partial charge in [-0.2, -0.15) is 0 Å². The maximum atomic E-state index is 14.8. The van der Waals surface area contributed by atoms with Gasteiger partial charge in [-0.25, -0.2) is 21.9 Å². The van der Waals surface area contributed by atoms with Crippen LogP contribution in [0.2, 0.25) is 0 Å². The second-order valence-corrected chi connectivity index (χ2v) is 10.8. The standard InChI is InChI=1S/C26H28F2N2O3S/c1-4-30-11-10-18-8-9-23(29-34(3,32)33)22(24(18)26(30)31)14-17-6-5-7-19(13-17)21-15-20(27)12-16(2)25(21)28/h5-7,10-13,15,22-23,29H,4,8-9,14H2,1-3H3/t22-,23-/m0/s1. The van der Waals surface area contributed by atoms with Crippen molar-refractivity contribution in [1.29, 1.82) is 0 Å². The van der Waals surface area contributed by atoms with Gasteiger partial charge in [0.05, 0.1) is 6.26 Å². The minimum Gasteiger partial charge on any atom is -0.316 e. The fraction of sp³-hybridized carbons (Fsp3) is 0.346. The van der Waals surface area contributed by atoms with Gasteiger partial charge in [0.25, 0.3) is 5.56 Å². The fourth-order valence-electron chi connectivity index (χ4n) is 4.92. The second kappa shape index (κ2) is 9.43. The highest BCUT2D eigenvalue weighted by Gasteiger charge is 2.34. The number of sulfonamides is 1. The molecule has 0 aliphatic heterocycles. The number of aryl methyl sites for hydroxylation is 3. The van der Waals surface area contributed by atoms with Crippen molar-refractivity contribution in [1.82, 2.24) is 9.29 Å². The minimum absolute atomic E-state index is 0.118. The van der Waals surface area contributed by atoms with Crippen LogP contribution in [-0.2, 0) is 29.4 Å². The van der Waals surface area contributed by atoms with Crippen molar-refractivity contribution in [2.24, 2.45) is 0 Å². The van der Waals surface area contributed by atoms with Gasteiger partial charge in [0.15, 0.2) is 0 Å². The number of nitrogens with one attached hydrogen (secondary N) is 1. The lowest BCUT2D eigenvalue weighted by Gasteiger charge is -2.33. The molecule has 4 rings (SSSR count). The smallest absolute Gasteiger partial charge is 0.254 e. The van der Waals surface area contributed by atoms with Gasteiger partial charge in [-0.05, 0) is 73.6 Å². The molecule has 1 heterocycles. The summed E-state index contributed by atoms with van der Waals surface area (Å²) in [5, 5.41) is 0. The van der Waals surface area contributed by atoms with Crippen LogP contribution in [0.3, 0.4) is 0 Å². The largest absolute Gasteiger partial charge is 0.316 e. The van der Waals surface area contributed by atoms with Crippen LogP contribution in [0.5, 0.6) is 0 Å². The molecular formula is C26H28F2N2O3S. The summed E-state index contributed by atoms with van der Waals surface area (Å²) in [7, 11) is -3.50. The van der Waals surface area contributed by atoms with E-state index < -0.39 is 27.7 Å². The summed E-state index contributed by atoms with van der Waals surface area (Å²) in [6.45, 7) is 3.92. The van der Waals surface area contributed by atoms with E-state index in [1.165, 1.54) is 13.0 Å². The molecule has 1 aromatic heterocycles. The summed E-state index contributed by atoms with van der Waals surface area (Å²) in [6.07, 6.45) is 4.44. The molecule has 0 saturated carbocycles. The third kappa shape index (κ3) is 4.98. The highest BCUT2D eigenvalue weighted by Crippen LogP contribution is 2.34. The summed E-state index contributed by atoms with van der Waals surface area (Å²) in [4.78, 5) is 13.3. The van der Waals surface area contributed by atoms with Crippen molar-refractivity contribution in [3.8, 4) is 11.1 Å². The van der Waals surface area contributed by atoms with E-state index >= 15 is 0 Å². The van der Waals surface area contributed by atoms with Gasteiger partial charge in [-0.15, -0.1) is 0 Å². The van der Waals surface area contributed by atoms with Crippen molar-refractivity contribution in [3.05, 3.63) is 92.9 Å². The van der Waals surface area contributed by atoms with Crippen LogP contribution in [0.4, 0.5) is 8.78 Å². The molecule has 5 nitrogen and oxygen atoms in total. The normalized spacial score (nSPS) is 18.0. The third-order valence-electron chi connectivity index (χ3n) is 6.49. The number of nitrogens with zero attached hydrogens (tertiary/aromatic N) is 1.